The van der Waals surface area contributed by atoms with Gasteiger partial charge in [-0.1, -0.05) is 12.1 Å². The SMILES string of the molecule is NC(=O)c1ccc(F)c(-c2cnc(NC3(c4ccc(F)cc4)CCC3)nc2)c1. The monoisotopic (exact) mass is 380 g/mol. The number of carbonyl (C=O) groups excluding carboxylic acids is 1. The Hall–Kier alpha value is -3.35. The van der Waals surface area contributed by atoms with Crippen LogP contribution in [0.15, 0.2) is 54.9 Å². The Morgan fingerprint density at radius 1 is 1.04 bits per heavy atom. The number of primary amides is 1. The van der Waals surface area contributed by atoms with Crippen LogP contribution in [-0.2, 0) is 5.54 Å². The summed E-state index contributed by atoms with van der Waals surface area (Å²) in [7, 11) is 0. The van der Waals surface area contributed by atoms with E-state index in [4.69, 9.17) is 5.73 Å². The van der Waals surface area contributed by atoms with Gasteiger partial charge < -0.3 is 11.1 Å². The zero-order valence-electron chi connectivity index (χ0n) is 15.0. The molecule has 1 amide bonds. The standard InChI is InChI=1S/C21H18F2N4O/c22-16-5-3-15(4-6-16)21(8-1-9-21)27-20-25-11-14(12-26-20)17-10-13(19(24)28)2-7-18(17)23/h2-7,10-12H,1,8-9H2,(H2,24,28)(H,25,26,27). The summed E-state index contributed by atoms with van der Waals surface area (Å²) >= 11 is 0. The first kappa shape index (κ1) is 18.0. The van der Waals surface area contributed by atoms with Gasteiger partial charge in [0.2, 0.25) is 11.9 Å². The van der Waals surface area contributed by atoms with Crippen LogP contribution in [-0.4, -0.2) is 15.9 Å². The molecular weight excluding hydrogens is 362 g/mol. The quantitative estimate of drug-likeness (QED) is 0.701. The molecule has 1 heterocycles. The molecule has 0 saturated heterocycles. The van der Waals surface area contributed by atoms with Gasteiger partial charge in [-0.05, 0) is 55.2 Å². The number of halogens is 2. The smallest absolute Gasteiger partial charge is 0.248 e. The van der Waals surface area contributed by atoms with E-state index in [0.29, 0.717) is 11.5 Å². The highest BCUT2D eigenvalue weighted by Gasteiger charge is 2.39. The zero-order chi connectivity index (χ0) is 19.7. The van der Waals surface area contributed by atoms with Gasteiger partial charge in [0, 0.05) is 29.1 Å². The van der Waals surface area contributed by atoms with E-state index in [1.54, 1.807) is 12.1 Å². The molecule has 5 nitrogen and oxygen atoms in total. The Kier molecular flexibility index (Phi) is 4.50. The predicted octanol–water partition coefficient (Wildman–Crippen LogP) is 4.01. The van der Waals surface area contributed by atoms with Gasteiger partial charge in [0.25, 0.3) is 0 Å². The Morgan fingerprint density at radius 3 is 2.29 bits per heavy atom. The summed E-state index contributed by atoms with van der Waals surface area (Å²) in [5.74, 6) is -0.999. The van der Waals surface area contributed by atoms with Gasteiger partial charge in [0.15, 0.2) is 0 Å². The zero-order valence-corrected chi connectivity index (χ0v) is 15.0. The van der Waals surface area contributed by atoms with Crippen LogP contribution in [0.1, 0.15) is 35.2 Å². The van der Waals surface area contributed by atoms with Crippen molar-refractivity contribution >= 4 is 11.9 Å². The van der Waals surface area contributed by atoms with Gasteiger partial charge in [0.1, 0.15) is 11.6 Å². The van der Waals surface area contributed by atoms with E-state index < -0.39 is 11.7 Å². The number of carbonyl (C=O) groups is 1. The normalized spacial score (nSPS) is 14.9. The van der Waals surface area contributed by atoms with Crippen molar-refractivity contribution in [2.75, 3.05) is 5.32 Å². The van der Waals surface area contributed by atoms with Crippen molar-refractivity contribution in [2.45, 2.75) is 24.8 Å². The number of hydrogen-bond acceptors (Lipinski definition) is 4. The molecule has 1 fully saturated rings. The topological polar surface area (TPSA) is 80.9 Å². The van der Waals surface area contributed by atoms with Crippen LogP contribution in [0, 0.1) is 11.6 Å². The molecule has 3 aromatic rings. The van der Waals surface area contributed by atoms with E-state index >= 15 is 0 Å². The van der Waals surface area contributed by atoms with E-state index in [9.17, 15) is 13.6 Å². The number of nitrogens with two attached hydrogens (primary N) is 1. The van der Waals surface area contributed by atoms with Crippen molar-refractivity contribution < 1.29 is 13.6 Å². The van der Waals surface area contributed by atoms with Gasteiger partial charge in [-0.15, -0.1) is 0 Å². The van der Waals surface area contributed by atoms with Crippen LogP contribution in [0.5, 0.6) is 0 Å². The molecule has 0 atom stereocenters. The number of amides is 1. The van der Waals surface area contributed by atoms with Crippen LogP contribution < -0.4 is 11.1 Å². The molecule has 1 aliphatic carbocycles. The first-order chi connectivity index (χ1) is 13.5. The van der Waals surface area contributed by atoms with E-state index in [2.05, 4.69) is 15.3 Å². The van der Waals surface area contributed by atoms with Crippen molar-refractivity contribution in [3.05, 3.63) is 77.6 Å². The lowest BCUT2D eigenvalue weighted by Gasteiger charge is -2.43. The van der Waals surface area contributed by atoms with Gasteiger partial charge >= 0.3 is 0 Å². The Morgan fingerprint density at radius 2 is 1.71 bits per heavy atom. The third-order valence-electron chi connectivity index (χ3n) is 5.17. The molecule has 1 aromatic heterocycles. The molecule has 142 valence electrons. The highest BCUT2D eigenvalue weighted by Crippen LogP contribution is 2.43. The minimum absolute atomic E-state index is 0.208. The molecule has 7 heteroatoms. The summed E-state index contributed by atoms with van der Waals surface area (Å²) in [5.41, 5.74) is 6.78. The van der Waals surface area contributed by atoms with Crippen LogP contribution in [0.25, 0.3) is 11.1 Å². The molecule has 0 bridgehead atoms. The summed E-state index contributed by atoms with van der Waals surface area (Å²) in [5, 5.41) is 3.34. The van der Waals surface area contributed by atoms with E-state index in [-0.39, 0.29) is 22.5 Å². The Balaban J connectivity index is 1.59. The number of nitrogens with zero attached hydrogens (tertiary/aromatic N) is 2. The molecule has 28 heavy (non-hydrogen) atoms. The van der Waals surface area contributed by atoms with Gasteiger partial charge in [0.05, 0.1) is 5.54 Å². The molecule has 0 unspecified atom stereocenters. The van der Waals surface area contributed by atoms with Crippen LogP contribution in [0.3, 0.4) is 0 Å². The van der Waals surface area contributed by atoms with E-state index in [0.717, 1.165) is 24.8 Å². The molecular formula is C21H18F2N4O. The van der Waals surface area contributed by atoms with Gasteiger partial charge in [-0.2, -0.15) is 0 Å². The van der Waals surface area contributed by atoms with Crippen molar-refractivity contribution in [3.8, 4) is 11.1 Å². The van der Waals surface area contributed by atoms with Crippen LogP contribution in [0.4, 0.5) is 14.7 Å². The molecule has 4 rings (SSSR count). The Bertz CT molecular complexity index is 1020. The molecule has 1 aliphatic rings. The third-order valence-corrected chi connectivity index (χ3v) is 5.17. The number of rotatable bonds is 5. The van der Waals surface area contributed by atoms with Crippen molar-refractivity contribution in [2.24, 2.45) is 5.73 Å². The molecule has 0 radical (unpaired) electrons. The van der Waals surface area contributed by atoms with Crippen LogP contribution >= 0.6 is 0 Å². The Labute approximate surface area is 160 Å². The summed E-state index contributed by atoms with van der Waals surface area (Å²) < 4.78 is 27.4. The summed E-state index contributed by atoms with van der Waals surface area (Å²) in [6.07, 6.45) is 5.82. The fourth-order valence-electron chi connectivity index (χ4n) is 3.43. The van der Waals surface area contributed by atoms with Gasteiger partial charge in [-0.3, -0.25) is 4.79 Å². The minimum Gasteiger partial charge on any atom is -0.366 e. The number of aromatic nitrogens is 2. The average molecular weight is 380 g/mol. The van der Waals surface area contributed by atoms with E-state index in [1.165, 1.54) is 42.7 Å². The van der Waals surface area contributed by atoms with E-state index in [1.807, 2.05) is 0 Å². The maximum atomic E-state index is 14.2. The minimum atomic E-state index is -0.633. The number of benzene rings is 2. The highest BCUT2D eigenvalue weighted by molar-refractivity contribution is 5.94. The first-order valence-corrected chi connectivity index (χ1v) is 8.93. The second-order valence-corrected chi connectivity index (χ2v) is 6.92. The lowest BCUT2D eigenvalue weighted by atomic mass is 9.72. The molecule has 0 aliphatic heterocycles. The predicted molar refractivity (Wildman–Crippen MR) is 101 cm³/mol. The van der Waals surface area contributed by atoms with Gasteiger partial charge in [-0.25, -0.2) is 18.7 Å². The second-order valence-electron chi connectivity index (χ2n) is 6.92. The second kappa shape index (κ2) is 6.99. The average Bonchev–Trinajstić information content (AvgIpc) is 2.66. The summed E-state index contributed by atoms with van der Waals surface area (Å²) in [4.78, 5) is 19.9. The molecule has 3 N–H and O–H groups in total. The molecule has 2 aromatic carbocycles. The fourth-order valence-corrected chi connectivity index (χ4v) is 3.43. The first-order valence-electron chi connectivity index (χ1n) is 8.93. The number of hydrogen-bond donors (Lipinski definition) is 2. The molecule has 1 saturated carbocycles. The number of nitrogens with one attached hydrogen (secondary N) is 1. The fraction of sp³-hybridized carbons (Fsp3) is 0.190. The summed E-state index contributed by atoms with van der Waals surface area (Å²) in [6.45, 7) is 0. The number of anilines is 1. The lowest BCUT2D eigenvalue weighted by Crippen LogP contribution is -2.42. The van der Waals surface area contributed by atoms with Crippen molar-refractivity contribution in [1.29, 1.82) is 0 Å². The van der Waals surface area contributed by atoms with Crippen molar-refractivity contribution in [3.63, 3.8) is 0 Å². The molecule has 0 spiro atoms. The third kappa shape index (κ3) is 3.31. The van der Waals surface area contributed by atoms with Crippen molar-refractivity contribution in [1.82, 2.24) is 9.97 Å². The largest absolute Gasteiger partial charge is 0.366 e. The highest BCUT2D eigenvalue weighted by atomic mass is 19.1. The maximum Gasteiger partial charge on any atom is 0.248 e. The summed E-state index contributed by atoms with van der Waals surface area (Å²) in [6, 6.07) is 10.3. The lowest BCUT2D eigenvalue weighted by molar-refractivity contribution is 0.100. The maximum absolute atomic E-state index is 14.2. The van der Waals surface area contributed by atoms with Crippen LogP contribution in [0.2, 0.25) is 0 Å².